The molecule has 6 heteroatoms. The molecule has 0 radical (unpaired) electrons. The van der Waals surface area contributed by atoms with Crippen LogP contribution >= 0.6 is 0 Å². The third-order valence-electron chi connectivity index (χ3n) is 4.95. The molecule has 1 saturated heterocycles. The van der Waals surface area contributed by atoms with Gasteiger partial charge < -0.3 is 15.4 Å². The van der Waals surface area contributed by atoms with Crippen molar-refractivity contribution in [2.24, 2.45) is 0 Å². The topological polar surface area (TPSA) is 33.3 Å². The first-order valence-corrected chi connectivity index (χ1v) is 8.47. The van der Waals surface area contributed by atoms with Crippen molar-refractivity contribution >= 4 is 5.69 Å². The minimum absolute atomic E-state index is 0.187. The fraction of sp³-hybridized carbons (Fsp3) is 0.368. The van der Waals surface area contributed by atoms with Crippen molar-refractivity contribution < 1.29 is 17.9 Å². The van der Waals surface area contributed by atoms with Crippen LogP contribution in [0, 0.1) is 0 Å². The normalized spacial score (nSPS) is 22.5. The minimum Gasteiger partial charge on any atom is -0.406 e. The average molecular weight is 348 g/mol. The summed E-state index contributed by atoms with van der Waals surface area (Å²) in [6, 6.07) is 12.6. The molecule has 2 aromatic carbocycles. The van der Waals surface area contributed by atoms with E-state index >= 15 is 0 Å². The predicted octanol–water partition coefficient (Wildman–Crippen LogP) is 4.51. The molecule has 2 heterocycles. The molecule has 4 rings (SSSR count). The van der Waals surface area contributed by atoms with Gasteiger partial charge in [0.25, 0.3) is 0 Å². The first-order valence-electron chi connectivity index (χ1n) is 8.47. The zero-order valence-electron chi connectivity index (χ0n) is 13.6. The van der Waals surface area contributed by atoms with Crippen LogP contribution in [-0.4, -0.2) is 25.5 Å². The summed E-state index contributed by atoms with van der Waals surface area (Å²) >= 11 is 0. The van der Waals surface area contributed by atoms with Gasteiger partial charge in [0.05, 0.1) is 0 Å². The van der Waals surface area contributed by atoms with Gasteiger partial charge in [0, 0.05) is 17.6 Å². The number of benzene rings is 2. The number of halogens is 3. The van der Waals surface area contributed by atoms with Crippen LogP contribution in [0.4, 0.5) is 18.9 Å². The number of alkyl halides is 3. The SMILES string of the molecule is FC(F)(F)Oc1cccc(-c2cccc3c2C2CCNCCC2N3)c1. The van der Waals surface area contributed by atoms with Crippen LogP contribution in [0.1, 0.15) is 24.3 Å². The Morgan fingerprint density at radius 2 is 1.80 bits per heavy atom. The van der Waals surface area contributed by atoms with Crippen molar-refractivity contribution in [2.75, 3.05) is 18.4 Å². The summed E-state index contributed by atoms with van der Waals surface area (Å²) in [6.07, 6.45) is -2.63. The zero-order chi connectivity index (χ0) is 17.4. The van der Waals surface area contributed by atoms with Crippen molar-refractivity contribution in [3.05, 3.63) is 48.0 Å². The Kier molecular flexibility index (Phi) is 4.07. The maximum atomic E-state index is 12.5. The Bertz CT molecular complexity index is 776. The maximum absolute atomic E-state index is 12.5. The summed E-state index contributed by atoms with van der Waals surface area (Å²) in [5.41, 5.74) is 4.03. The van der Waals surface area contributed by atoms with E-state index in [0.717, 1.165) is 42.7 Å². The lowest BCUT2D eigenvalue weighted by Crippen LogP contribution is -2.21. The summed E-state index contributed by atoms with van der Waals surface area (Å²) < 4.78 is 41.7. The highest BCUT2D eigenvalue weighted by molar-refractivity contribution is 5.78. The lowest BCUT2D eigenvalue weighted by Gasteiger charge is -2.18. The van der Waals surface area contributed by atoms with Crippen molar-refractivity contribution in [1.82, 2.24) is 5.32 Å². The van der Waals surface area contributed by atoms with Gasteiger partial charge in [-0.05, 0) is 60.8 Å². The summed E-state index contributed by atoms with van der Waals surface area (Å²) in [7, 11) is 0. The van der Waals surface area contributed by atoms with Crippen LogP contribution in [0.15, 0.2) is 42.5 Å². The second-order valence-corrected chi connectivity index (χ2v) is 6.53. The van der Waals surface area contributed by atoms with Gasteiger partial charge in [0.2, 0.25) is 0 Å². The van der Waals surface area contributed by atoms with Crippen molar-refractivity contribution in [3.63, 3.8) is 0 Å². The van der Waals surface area contributed by atoms with Crippen LogP contribution in [0.2, 0.25) is 0 Å². The van der Waals surface area contributed by atoms with Crippen LogP contribution in [0.3, 0.4) is 0 Å². The fourth-order valence-corrected chi connectivity index (χ4v) is 3.96. The molecule has 0 aromatic heterocycles. The van der Waals surface area contributed by atoms with Gasteiger partial charge in [-0.1, -0.05) is 24.3 Å². The Morgan fingerprint density at radius 1 is 1.00 bits per heavy atom. The number of hydrogen-bond donors (Lipinski definition) is 2. The summed E-state index contributed by atoms with van der Waals surface area (Å²) in [5.74, 6) is 0.182. The molecule has 1 fully saturated rings. The first kappa shape index (κ1) is 16.3. The number of nitrogens with one attached hydrogen (secondary N) is 2. The molecular formula is C19H19F3N2O. The standard InChI is InChI=1S/C19H19F3N2O/c20-19(21,22)25-13-4-1-3-12(11-13)14-5-2-6-17-18(14)15-7-9-23-10-8-16(15)24-17/h1-6,11,15-16,23-24H,7-10H2. The fourth-order valence-electron chi connectivity index (χ4n) is 3.96. The average Bonchev–Trinajstić information content (AvgIpc) is 2.75. The molecule has 0 saturated carbocycles. The van der Waals surface area contributed by atoms with Gasteiger partial charge >= 0.3 is 6.36 Å². The highest BCUT2D eigenvalue weighted by Crippen LogP contribution is 2.45. The first-order chi connectivity index (χ1) is 12.0. The zero-order valence-corrected chi connectivity index (χ0v) is 13.6. The second kappa shape index (κ2) is 6.26. The molecule has 132 valence electrons. The van der Waals surface area contributed by atoms with E-state index < -0.39 is 6.36 Å². The van der Waals surface area contributed by atoms with Gasteiger partial charge in [0.15, 0.2) is 0 Å². The Morgan fingerprint density at radius 3 is 2.64 bits per heavy atom. The van der Waals surface area contributed by atoms with E-state index in [-0.39, 0.29) is 5.75 Å². The van der Waals surface area contributed by atoms with Crippen LogP contribution in [-0.2, 0) is 0 Å². The Hall–Kier alpha value is -2.21. The van der Waals surface area contributed by atoms with Gasteiger partial charge in [-0.15, -0.1) is 13.2 Å². The van der Waals surface area contributed by atoms with Crippen molar-refractivity contribution in [2.45, 2.75) is 31.2 Å². The third kappa shape index (κ3) is 3.31. The molecule has 2 aliphatic rings. The number of hydrogen-bond acceptors (Lipinski definition) is 3. The van der Waals surface area contributed by atoms with Gasteiger partial charge in [-0.25, -0.2) is 0 Å². The quantitative estimate of drug-likeness (QED) is 0.838. The monoisotopic (exact) mass is 348 g/mol. The lowest BCUT2D eigenvalue weighted by molar-refractivity contribution is -0.274. The highest BCUT2D eigenvalue weighted by atomic mass is 19.4. The van der Waals surface area contributed by atoms with Gasteiger partial charge in [-0.2, -0.15) is 0 Å². The number of fused-ring (bicyclic) bond motifs is 3. The van der Waals surface area contributed by atoms with E-state index in [1.165, 1.54) is 17.7 Å². The van der Waals surface area contributed by atoms with Crippen molar-refractivity contribution in [3.8, 4) is 16.9 Å². The number of anilines is 1. The molecule has 2 unspecified atom stereocenters. The molecule has 2 N–H and O–H groups in total. The number of ether oxygens (including phenoxy) is 1. The summed E-state index contributed by atoms with van der Waals surface area (Å²) in [5, 5.41) is 7.00. The molecule has 0 spiro atoms. The van der Waals surface area contributed by atoms with E-state index in [2.05, 4.69) is 21.4 Å². The van der Waals surface area contributed by atoms with Crippen LogP contribution < -0.4 is 15.4 Å². The second-order valence-electron chi connectivity index (χ2n) is 6.53. The lowest BCUT2D eigenvalue weighted by atomic mass is 9.86. The van der Waals surface area contributed by atoms with E-state index in [4.69, 9.17) is 0 Å². The predicted molar refractivity (Wildman–Crippen MR) is 90.8 cm³/mol. The van der Waals surface area contributed by atoms with Crippen LogP contribution in [0.5, 0.6) is 5.75 Å². The van der Waals surface area contributed by atoms with Gasteiger partial charge in [-0.3, -0.25) is 0 Å². The van der Waals surface area contributed by atoms with Crippen molar-refractivity contribution in [1.29, 1.82) is 0 Å². The molecule has 0 bridgehead atoms. The largest absolute Gasteiger partial charge is 0.573 e. The third-order valence-corrected chi connectivity index (χ3v) is 4.95. The molecule has 0 amide bonds. The summed E-state index contributed by atoms with van der Waals surface area (Å²) in [6.45, 7) is 1.93. The molecule has 2 aromatic rings. The molecular weight excluding hydrogens is 329 g/mol. The smallest absolute Gasteiger partial charge is 0.406 e. The van der Waals surface area contributed by atoms with E-state index in [9.17, 15) is 13.2 Å². The van der Waals surface area contributed by atoms with Gasteiger partial charge in [0.1, 0.15) is 5.75 Å². The highest BCUT2D eigenvalue weighted by Gasteiger charge is 2.35. The molecule has 0 aliphatic carbocycles. The van der Waals surface area contributed by atoms with E-state index in [1.54, 1.807) is 6.07 Å². The minimum atomic E-state index is -4.68. The van der Waals surface area contributed by atoms with Crippen LogP contribution in [0.25, 0.3) is 11.1 Å². The Labute approximate surface area is 144 Å². The molecule has 3 nitrogen and oxygen atoms in total. The van der Waals surface area contributed by atoms with E-state index in [1.807, 2.05) is 18.2 Å². The maximum Gasteiger partial charge on any atom is 0.573 e. The number of rotatable bonds is 2. The molecule has 25 heavy (non-hydrogen) atoms. The van der Waals surface area contributed by atoms with E-state index in [0.29, 0.717) is 12.0 Å². The molecule has 2 atom stereocenters. The Balaban J connectivity index is 1.73. The molecule has 2 aliphatic heterocycles. The summed E-state index contributed by atoms with van der Waals surface area (Å²) in [4.78, 5) is 0.